The zero-order valence-electron chi connectivity index (χ0n) is 15.6. The molecule has 0 bridgehead atoms. The minimum absolute atomic E-state index is 0.308. The summed E-state index contributed by atoms with van der Waals surface area (Å²) in [4.78, 5) is 13.2. The molecular weight excluding hydrogens is 354 g/mol. The summed E-state index contributed by atoms with van der Waals surface area (Å²) < 4.78 is 1.74. The quantitative estimate of drug-likeness (QED) is 0.533. The molecule has 1 aromatic carbocycles. The first-order valence-electron chi connectivity index (χ1n) is 9.10. The summed E-state index contributed by atoms with van der Waals surface area (Å²) in [7, 11) is 2.03. The van der Waals surface area contributed by atoms with Crippen LogP contribution in [0.15, 0.2) is 48.8 Å². The Morgan fingerprint density at radius 1 is 0.964 bits per heavy atom. The third-order valence-corrected chi connectivity index (χ3v) is 5.07. The van der Waals surface area contributed by atoms with E-state index < -0.39 is 0 Å². The maximum Gasteiger partial charge on any atom is 0.189 e. The van der Waals surface area contributed by atoms with Crippen molar-refractivity contribution in [3.8, 4) is 5.69 Å². The van der Waals surface area contributed by atoms with E-state index >= 15 is 0 Å². The van der Waals surface area contributed by atoms with Crippen molar-refractivity contribution in [1.82, 2.24) is 35.2 Å². The fourth-order valence-corrected chi connectivity index (χ4v) is 3.36. The van der Waals surface area contributed by atoms with Gasteiger partial charge >= 0.3 is 0 Å². The topological polar surface area (TPSA) is 88.8 Å². The summed E-state index contributed by atoms with van der Waals surface area (Å²) >= 11 is 0. The van der Waals surface area contributed by atoms with Gasteiger partial charge in [0.2, 0.25) is 0 Å². The molecule has 9 heteroatoms. The van der Waals surface area contributed by atoms with Gasteiger partial charge in [-0.05, 0) is 31.2 Å². The molecule has 0 radical (unpaired) electrons. The molecule has 4 aromatic rings. The van der Waals surface area contributed by atoms with Crippen molar-refractivity contribution in [2.75, 3.05) is 29.9 Å². The second-order valence-corrected chi connectivity index (χ2v) is 6.91. The maximum absolute atomic E-state index is 4.48. The number of hydrogen-bond acceptors (Lipinski definition) is 8. The molecule has 4 heterocycles. The van der Waals surface area contributed by atoms with Crippen molar-refractivity contribution in [3.05, 3.63) is 54.5 Å². The summed E-state index contributed by atoms with van der Waals surface area (Å²) in [6, 6.07) is 14.2. The van der Waals surface area contributed by atoms with Crippen LogP contribution in [-0.2, 0) is 0 Å². The Balaban J connectivity index is 1.39. The number of para-hydroxylation sites is 1. The molecule has 1 aliphatic heterocycles. The van der Waals surface area contributed by atoms with Crippen molar-refractivity contribution in [2.24, 2.45) is 0 Å². The summed E-state index contributed by atoms with van der Waals surface area (Å²) in [6.45, 7) is 3.64. The highest BCUT2D eigenvalue weighted by atomic mass is 15.5. The maximum atomic E-state index is 4.48. The van der Waals surface area contributed by atoms with Crippen molar-refractivity contribution in [2.45, 2.75) is 13.0 Å². The smallest absolute Gasteiger partial charge is 0.189 e. The van der Waals surface area contributed by atoms with E-state index in [1.54, 1.807) is 11.0 Å². The normalized spacial score (nSPS) is 14.3. The Bertz CT molecular complexity index is 1100. The molecular formula is C19H19N9. The van der Waals surface area contributed by atoms with E-state index in [1.165, 1.54) is 0 Å². The Morgan fingerprint density at radius 2 is 1.79 bits per heavy atom. The van der Waals surface area contributed by atoms with Crippen LogP contribution in [-0.4, -0.2) is 61.3 Å². The number of aromatic nitrogens is 7. The van der Waals surface area contributed by atoms with Crippen LogP contribution in [0.1, 0.15) is 5.69 Å². The van der Waals surface area contributed by atoms with E-state index in [9.17, 15) is 0 Å². The van der Waals surface area contributed by atoms with Crippen LogP contribution in [0.25, 0.3) is 16.9 Å². The molecule has 1 fully saturated rings. The first-order valence-corrected chi connectivity index (χ1v) is 9.10. The summed E-state index contributed by atoms with van der Waals surface area (Å²) in [5, 5.41) is 17.0. The molecule has 0 saturated carbocycles. The van der Waals surface area contributed by atoms with E-state index in [1.807, 2.05) is 56.4 Å². The predicted octanol–water partition coefficient (Wildman–Crippen LogP) is 1.63. The lowest BCUT2D eigenvalue weighted by atomic mass is 10.1. The molecule has 0 spiro atoms. The fraction of sp³-hybridized carbons (Fsp3) is 0.263. The van der Waals surface area contributed by atoms with Gasteiger partial charge in [0.15, 0.2) is 22.8 Å². The van der Waals surface area contributed by atoms with Crippen molar-refractivity contribution in [1.29, 1.82) is 0 Å². The number of anilines is 2. The zero-order valence-corrected chi connectivity index (χ0v) is 15.6. The minimum atomic E-state index is 0.308. The van der Waals surface area contributed by atoms with Gasteiger partial charge in [0.1, 0.15) is 6.33 Å². The lowest BCUT2D eigenvalue weighted by Crippen LogP contribution is -2.59. The van der Waals surface area contributed by atoms with Gasteiger partial charge in [0.05, 0.1) is 17.4 Å². The highest BCUT2D eigenvalue weighted by molar-refractivity contribution is 5.83. The standard InChI is InChI=1S/C19H19N9/c1-13-8-9-16(23-22-13)27-10-15(11-27)26(2)18-17-19(21-12-20-18)28(25-24-17)14-6-4-3-5-7-14/h3-9,12,15H,10-11H2,1-2H3. The van der Waals surface area contributed by atoms with Crippen LogP contribution in [0.5, 0.6) is 0 Å². The molecule has 1 saturated heterocycles. The fourth-order valence-electron chi connectivity index (χ4n) is 3.36. The Hall–Kier alpha value is -3.62. The van der Waals surface area contributed by atoms with Crippen LogP contribution in [0, 0.1) is 6.92 Å². The van der Waals surface area contributed by atoms with E-state index in [2.05, 4.69) is 40.3 Å². The Labute approximate surface area is 161 Å². The van der Waals surface area contributed by atoms with Gasteiger partial charge in [0, 0.05) is 20.1 Å². The van der Waals surface area contributed by atoms with E-state index in [0.717, 1.165) is 36.1 Å². The molecule has 0 atom stereocenters. The minimum Gasteiger partial charge on any atom is -0.351 e. The van der Waals surface area contributed by atoms with Crippen LogP contribution in [0.2, 0.25) is 0 Å². The third-order valence-electron chi connectivity index (χ3n) is 5.07. The van der Waals surface area contributed by atoms with Crippen molar-refractivity contribution >= 4 is 22.8 Å². The summed E-state index contributed by atoms with van der Waals surface area (Å²) in [5.41, 5.74) is 3.24. The molecule has 0 amide bonds. The highest BCUT2D eigenvalue weighted by Gasteiger charge is 2.33. The summed E-state index contributed by atoms with van der Waals surface area (Å²) in [6.07, 6.45) is 1.57. The van der Waals surface area contributed by atoms with Gasteiger partial charge in [0.25, 0.3) is 0 Å². The number of hydrogen-bond donors (Lipinski definition) is 0. The van der Waals surface area contributed by atoms with Crippen LogP contribution in [0.4, 0.5) is 11.6 Å². The van der Waals surface area contributed by atoms with Crippen LogP contribution in [0.3, 0.4) is 0 Å². The Kier molecular flexibility index (Phi) is 3.85. The van der Waals surface area contributed by atoms with Gasteiger partial charge in [-0.15, -0.1) is 10.2 Å². The van der Waals surface area contributed by atoms with E-state index in [0.29, 0.717) is 17.2 Å². The first-order chi connectivity index (χ1) is 13.7. The lowest BCUT2D eigenvalue weighted by Gasteiger charge is -2.44. The number of likely N-dealkylation sites (N-methyl/N-ethyl adjacent to an activating group) is 1. The van der Waals surface area contributed by atoms with E-state index in [-0.39, 0.29) is 0 Å². The molecule has 0 unspecified atom stereocenters. The predicted molar refractivity (Wildman–Crippen MR) is 106 cm³/mol. The monoisotopic (exact) mass is 373 g/mol. The number of nitrogens with zero attached hydrogens (tertiary/aromatic N) is 9. The second kappa shape index (κ2) is 6.52. The number of aryl methyl sites for hydroxylation is 1. The van der Waals surface area contributed by atoms with Gasteiger partial charge in [-0.3, -0.25) is 0 Å². The average Bonchev–Trinajstić information content (AvgIpc) is 3.13. The van der Waals surface area contributed by atoms with Gasteiger partial charge in [-0.2, -0.15) is 9.78 Å². The van der Waals surface area contributed by atoms with Crippen molar-refractivity contribution < 1.29 is 0 Å². The Morgan fingerprint density at radius 3 is 2.54 bits per heavy atom. The molecule has 1 aliphatic rings. The number of rotatable bonds is 4. The molecule has 5 rings (SSSR count). The van der Waals surface area contributed by atoms with Gasteiger partial charge in [-0.1, -0.05) is 23.4 Å². The van der Waals surface area contributed by atoms with Crippen LogP contribution < -0.4 is 9.80 Å². The van der Waals surface area contributed by atoms with Crippen molar-refractivity contribution in [3.63, 3.8) is 0 Å². The van der Waals surface area contributed by atoms with Gasteiger partial charge in [-0.25, -0.2) is 9.97 Å². The van der Waals surface area contributed by atoms with Gasteiger partial charge < -0.3 is 9.80 Å². The van der Waals surface area contributed by atoms with E-state index in [4.69, 9.17) is 0 Å². The zero-order chi connectivity index (χ0) is 19.1. The molecule has 140 valence electrons. The second-order valence-electron chi connectivity index (χ2n) is 6.91. The molecule has 9 nitrogen and oxygen atoms in total. The average molecular weight is 373 g/mol. The molecule has 3 aromatic heterocycles. The molecule has 0 N–H and O–H groups in total. The number of benzene rings is 1. The highest BCUT2D eigenvalue weighted by Crippen LogP contribution is 2.27. The molecule has 28 heavy (non-hydrogen) atoms. The van der Waals surface area contributed by atoms with Crippen LogP contribution >= 0.6 is 0 Å². The lowest BCUT2D eigenvalue weighted by molar-refractivity contribution is 0.488. The molecule has 0 aliphatic carbocycles. The third kappa shape index (κ3) is 2.72. The summed E-state index contributed by atoms with van der Waals surface area (Å²) in [5.74, 6) is 1.69. The SMILES string of the molecule is Cc1ccc(N2CC(N(C)c3ncnc4c3nnn4-c3ccccc3)C2)nn1. The largest absolute Gasteiger partial charge is 0.351 e. The first kappa shape index (κ1) is 16.5. The number of fused-ring (bicyclic) bond motifs is 1.